The number of imide groups is 1. The Balaban J connectivity index is 2.55. The second kappa shape index (κ2) is 6.36. The van der Waals surface area contributed by atoms with Gasteiger partial charge in [-0.3, -0.25) is 19.7 Å². The summed E-state index contributed by atoms with van der Waals surface area (Å²) < 4.78 is 0. The number of hydrogen-bond acceptors (Lipinski definition) is 4. The van der Waals surface area contributed by atoms with Gasteiger partial charge < -0.3 is 15.3 Å². The summed E-state index contributed by atoms with van der Waals surface area (Å²) in [5.74, 6) is -2.07. The van der Waals surface area contributed by atoms with Gasteiger partial charge in [-0.25, -0.2) is 4.79 Å². The fourth-order valence-electron chi connectivity index (χ4n) is 1.70. The Bertz CT molecular complexity index is 433. The summed E-state index contributed by atoms with van der Waals surface area (Å²) in [6.07, 6.45) is 0.294. The van der Waals surface area contributed by atoms with Crippen LogP contribution in [0.5, 0.6) is 0 Å². The third kappa shape index (κ3) is 4.52. The van der Waals surface area contributed by atoms with Crippen LogP contribution in [-0.4, -0.2) is 53.5 Å². The van der Waals surface area contributed by atoms with Gasteiger partial charge in [0.15, 0.2) is 0 Å². The average molecular weight is 285 g/mol. The van der Waals surface area contributed by atoms with Gasteiger partial charge in [0.2, 0.25) is 11.8 Å². The molecule has 1 saturated heterocycles. The second-order valence-electron chi connectivity index (χ2n) is 5.34. The molecule has 1 fully saturated rings. The molecule has 1 heterocycles. The van der Waals surface area contributed by atoms with Crippen molar-refractivity contribution in [3.8, 4) is 0 Å². The van der Waals surface area contributed by atoms with Crippen molar-refractivity contribution in [1.29, 1.82) is 0 Å². The third-order valence-electron chi connectivity index (χ3n) is 2.98. The molecule has 0 saturated carbocycles. The van der Waals surface area contributed by atoms with Crippen molar-refractivity contribution < 1.29 is 24.3 Å². The van der Waals surface area contributed by atoms with E-state index in [4.69, 9.17) is 5.11 Å². The minimum atomic E-state index is -1.25. The van der Waals surface area contributed by atoms with E-state index in [0.717, 1.165) is 0 Å². The largest absolute Gasteiger partial charge is 0.481 e. The standard InChI is InChI=1S/C12H19N3O5/c1-12(2,10(18)19)6-8(16)14-11(20)15-5-3-4-13-9(17)7-15/h3-7H2,1-2H3,(H,13,17)(H,18,19)(H,14,16,20). The number of aliphatic carboxylic acids is 1. The molecule has 1 rings (SSSR count). The summed E-state index contributed by atoms with van der Waals surface area (Å²) in [5, 5.41) is 13.6. The van der Waals surface area contributed by atoms with E-state index in [0.29, 0.717) is 19.5 Å². The molecule has 0 aromatic rings. The zero-order valence-electron chi connectivity index (χ0n) is 11.6. The summed E-state index contributed by atoms with van der Waals surface area (Å²) in [7, 11) is 0. The van der Waals surface area contributed by atoms with Gasteiger partial charge in [-0.05, 0) is 20.3 Å². The summed E-state index contributed by atoms with van der Waals surface area (Å²) in [6.45, 7) is 3.54. The number of carbonyl (C=O) groups is 4. The van der Waals surface area contributed by atoms with Crippen molar-refractivity contribution in [1.82, 2.24) is 15.5 Å². The monoisotopic (exact) mass is 285 g/mol. The normalized spacial score (nSPS) is 16.1. The number of carboxylic acid groups (broad SMARTS) is 1. The Morgan fingerprint density at radius 2 is 2.05 bits per heavy atom. The van der Waals surface area contributed by atoms with Crippen LogP contribution in [0.3, 0.4) is 0 Å². The number of nitrogens with zero attached hydrogens (tertiary/aromatic N) is 1. The Morgan fingerprint density at radius 1 is 1.40 bits per heavy atom. The number of hydrogen-bond donors (Lipinski definition) is 3. The van der Waals surface area contributed by atoms with E-state index in [-0.39, 0.29) is 18.9 Å². The van der Waals surface area contributed by atoms with Gasteiger partial charge in [-0.1, -0.05) is 0 Å². The van der Waals surface area contributed by atoms with Crippen LogP contribution in [-0.2, 0) is 14.4 Å². The van der Waals surface area contributed by atoms with E-state index in [1.165, 1.54) is 18.7 Å². The van der Waals surface area contributed by atoms with Crippen molar-refractivity contribution in [3.63, 3.8) is 0 Å². The van der Waals surface area contributed by atoms with Gasteiger partial charge in [-0.2, -0.15) is 0 Å². The highest BCUT2D eigenvalue weighted by molar-refractivity contribution is 5.97. The predicted octanol–water partition coefficient (Wildman–Crippen LogP) is -0.455. The molecule has 1 aliphatic rings. The molecule has 0 aliphatic carbocycles. The van der Waals surface area contributed by atoms with E-state index in [1.54, 1.807) is 0 Å². The Morgan fingerprint density at radius 3 is 2.65 bits per heavy atom. The molecule has 0 radical (unpaired) electrons. The van der Waals surface area contributed by atoms with E-state index in [2.05, 4.69) is 10.6 Å². The first kappa shape index (κ1) is 15.9. The highest BCUT2D eigenvalue weighted by Crippen LogP contribution is 2.20. The number of rotatable bonds is 3. The van der Waals surface area contributed by atoms with E-state index in [1.807, 2.05) is 0 Å². The van der Waals surface area contributed by atoms with E-state index >= 15 is 0 Å². The van der Waals surface area contributed by atoms with Gasteiger partial charge in [0.1, 0.15) is 6.54 Å². The number of nitrogens with one attached hydrogen (secondary N) is 2. The summed E-state index contributed by atoms with van der Waals surface area (Å²) in [6, 6.07) is -0.673. The maximum absolute atomic E-state index is 11.8. The zero-order valence-corrected chi connectivity index (χ0v) is 11.6. The van der Waals surface area contributed by atoms with Gasteiger partial charge in [0.05, 0.1) is 5.41 Å². The van der Waals surface area contributed by atoms with E-state index < -0.39 is 23.3 Å². The lowest BCUT2D eigenvalue weighted by Gasteiger charge is -2.21. The molecule has 0 atom stereocenters. The maximum atomic E-state index is 11.8. The summed E-state index contributed by atoms with van der Waals surface area (Å²) in [4.78, 5) is 46.9. The molecule has 3 N–H and O–H groups in total. The fraction of sp³-hybridized carbons (Fsp3) is 0.667. The molecule has 8 nitrogen and oxygen atoms in total. The molecule has 0 aromatic carbocycles. The van der Waals surface area contributed by atoms with Gasteiger partial charge >= 0.3 is 12.0 Å². The number of amides is 4. The molecule has 20 heavy (non-hydrogen) atoms. The number of carbonyl (C=O) groups excluding carboxylic acids is 3. The molecular weight excluding hydrogens is 266 g/mol. The van der Waals surface area contributed by atoms with Crippen LogP contribution in [0.1, 0.15) is 26.7 Å². The van der Waals surface area contributed by atoms with Crippen molar-refractivity contribution in [2.45, 2.75) is 26.7 Å². The third-order valence-corrected chi connectivity index (χ3v) is 2.98. The first-order chi connectivity index (χ1) is 9.22. The highest BCUT2D eigenvalue weighted by Gasteiger charge is 2.31. The van der Waals surface area contributed by atoms with Crippen LogP contribution in [0, 0.1) is 5.41 Å². The molecule has 112 valence electrons. The molecule has 1 aliphatic heterocycles. The highest BCUT2D eigenvalue weighted by atomic mass is 16.4. The Labute approximate surface area is 116 Å². The van der Waals surface area contributed by atoms with Crippen LogP contribution < -0.4 is 10.6 Å². The topological polar surface area (TPSA) is 116 Å². The van der Waals surface area contributed by atoms with Crippen LogP contribution in [0.2, 0.25) is 0 Å². The Kier molecular flexibility index (Phi) is 5.06. The summed E-state index contributed by atoms with van der Waals surface area (Å²) in [5.41, 5.74) is -1.25. The van der Waals surface area contributed by atoms with Gasteiger partial charge in [0, 0.05) is 19.5 Å². The molecule has 0 unspecified atom stereocenters. The first-order valence-corrected chi connectivity index (χ1v) is 6.31. The minimum Gasteiger partial charge on any atom is -0.481 e. The van der Waals surface area contributed by atoms with Crippen LogP contribution in [0.15, 0.2) is 0 Å². The molecule has 0 bridgehead atoms. The van der Waals surface area contributed by atoms with Crippen molar-refractivity contribution in [2.75, 3.05) is 19.6 Å². The molecular formula is C12H19N3O5. The maximum Gasteiger partial charge on any atom is 0.324 e. The number of carboxylic acids is 1. The lowest BCUT2D eigenvalue weighted by molar-refractivity contribution is -0.149. The summed E-state index contributed by atoms with van der Waals surface area (Å²) >= 11 is 0. The minimum absolute atomic E-state index is 0.110. The number of urea groups is 1. The smallest absolute Gasteiger partial charge is 0.324 e. The van der Waals surface area contributed by atoms with Gasteiger partial charge in [-0.15, -0.1) is 0 Å². The van der Waals surface area contributed by atoms with E-state index in [9.17, 15) is 19.2 Å². The average Bonchev–Trinajstić information content (AvgIpc) is 2.52. The second-order valence-corrected chi connectivity index (χ2v) is 5.34. The van der Waals surface area contributed by atoms with Crippen molar-refractivity contribution in [2.24, 2.45) is 5.41 Å². The fourth-order valence-corrected chi connectivity index (χ4v) is 1.70. The van der Waals surface area contributed by atoms with Crippen LogP contribution in [0.25, 0.3) is 0 Å². The Hall–Kier alpha value is -2.12. The lowest BCUT2D eigenvalue weighted by atomic mass is 9.89. The first-order valence-electron chi connectivity index (χ1n) is 6.31. The van der Waals surface area contributed by atoms with Crippen LogP contribution in [0.4, 0.5) is 4.79 Å². The predicted molar refractivity (Wildman–Crippen MR) is 68.8 cm³/mol. The SMILES string of the molecule is CC(C)(CC(=O)NC(=O)N1CCCNC(=O)C1)C(=O)O. The quantitative estimate of drug-likeness (QED) is 0.649. The zero-order chi connectivity index (χ0) is 15.3. The molecule has 8 heteroatoms. The molecule has 0 aromatic heterocycles. The van der Waals surface area contributed by atoms with Crippen molar-refractivity contribution >= 4 is 23.8 Å². The molecule has 0 spiro atoms. The van der Waals surface area contributed by atoms with Gasteiger partial charge in [0.25, 0.3) is 0 Å². The van der Waals surface area contributed by atoms with Crippen LogP contribution >= 0.6 is 0 Å². The van der Waals surface area contributed by atoms with Crippen molar-refractivity contribution in [3.05, 3.63) is 0 Å². The lowest BCUT2D eigenvalue weighted by Crippen LogP contribution is -2.46. The molecule has 4 amide bonds.